The standard InChI is InChI=1S/C79H48N4/c1-5-17-69-61(13-1)62-14-2-6-18-70(62)79(69)71-47-59(55-29-25-49-41-53(27-23-51(49)43-55)57-33-37-75-67(45-57)65-15-3-7-19-73(65)82(75)77-21-9-11-39-80-77)31-35-63(71)64-36-32-60(48-72(64)79)56-30-26-50-42-54(28-24-52(50)44-56)58-34-38-76-68(46-58)66-16-4-8-20-74(66)83(76)78-22-10-12-40-81-78/h1-48H. The van der Waals surface area contributed by atoms with Crippen LogP contribution in [0.15, 0.2) is 291 Å². The summed E-state index contributed by atoms with van der Waals surface area (Å²) < 4.78 is 4.54. The Labute approximate surface area is 479 Å². The van der Waals surface area contributed by atoms with Gasteiger partial charge in [0, 0.05) is 33.9 Å². The van der Waals surface area contributed by atoms with E-state index in [9.17, 15) is 0 Å². The molecule has 1 spiro atoms. The minimum Gasteiger partial charge on any atom is -0.294 e. The van der Waals surface area contributed by atoms with Crippen molar-refractivity contribution < 1.29 is 0 Å². The Morgan fingerprint density at radius 2 is 0.554 bits per heavy atom. The van der Waals surface area contributed by atoms with E-state index in [0.29, 0.717) is 0 Å². The van der Waals surface area contributed by atoms with Crippen molar-refractivity contribution in [2.24, 2.45) is 0 Å². The van der Waals surface area contributed by atoms with Crippen LogP contribution in [0.2, 0.25) is 0 Å². The van der Waals surface area contributed by atoms with Crippen molar-refractivity contribution in [3.8, 4) is 78.4 Å². The van der Waals surface area contributed by atoms with Gasteiger partial charge in [-0.1, -0.05) is 182 Å². The molecule has 0 N–H and O–H groups in total. The van der Waals surface area contributed by atoms with Crippen LogP contribution in [0.25, 0.3) is 144 Å². The average molecular weight is 1050 g/mol. The molecular formula is C79H48N4. The van der Waals surface area contributed by atoms with E-state index >= 15 is 0 Å². The maximum atomic E-state index is 4.73. The highest BCUT2D eigenvalue weighted by molar-refractivity contribution is 6.12. The van der Waals surface area contributed by atoms with Crippen molar-refractivity contribution in [1.29, 1.82) is 0 Å². The number of hydrogen-bond acceptors (Lipinski definition) is 2. The molecule has 0 saturated carbocycles. The number of nitrogens with zero attached hydrogens (tertiary/aromatic N) is 4. The molecule has 12 aromatic carbocycles. The van der Waals surface area contributed by atoms with E-state index in [1.54, 1.807) is 0 Å². The van der Waals surface area contributed by atoms with Gasteiger partial charge in [0.1, 0.15) is 11.6 Å². The summed E-state index contributed by atoms with van der Waals surface area (Å²) in [5.74, 6) is 1.84. The third kappa shape index (κ3) is 6.69. The van der Waals surface area contributed by atoms with E-state index in [4.69, 9.17) is 9.97 Å². The molecule has 16 aromatic rings. The van der Waals surface area contributed by atoms with Crippen molar-refractivity contribution in [2.75, 3.05) is 0 Å². The van der Waals surface area contributed by atoms with Gasteiger partial charge in [0.25, 0.3) is 0 Å². The predicted octanol–water partition coefficient (Wildman–Crippen LogP) is 20.0. The second kappa shape index (κ2) is 17.5. The lowest BCUT2D eigenvalue weighted by molar-refractivity contribution is 0.794. The van der Waals surface area contributed by atoms with Gasteiger partial charge >= 0.3 is 0 Å². The van der Waals surface area contributed by atoms with Crippen LogP contribution in [0.3, 0.4) is 0 Å². The molecule has 0 fully saturated rings. The molecule has 0 bridgehead atoms. The molecule has 0 radical (unpaired) electrons. The summed E-state index contributed by atoms with van der Waals surface area (Å²) in [5, 5.41) is 9.74. The zero-order valence-electron chi connectivity index (χ0n) is 45.0. The van der Waals surface area contributed by atoms with Crippen LogP contribution in [0.1, 0.15) is 22.3 Å². The number of benzene rings is 12. The van der Waals surface area contributed by atoms with Crippen molar-refractivity contribution in [3.05, 3.63) is 314 Å². The normalized spacial score (nSPS) is 12.9. The van der Waals surface area contributed by atoms with Gasteiger partial charge in [-0.15, -0.1) is 0 Å². The van der Waals surface area contributed by atoms with E-state index in [2.05, 4.69) is 276 Å². The lowest BCUT2D eigenvalue weighted by atomic mass is 9.70. The van der Waals surface area contributed by atoms with Gasteiger partial charge in [-0.05, 0) is 208 Å². The largest absolute Gasteiger partial charge is 0.294 e. The van der Waals surface area contributed by atoms with E-state index in [0.717, 1.165) is 33.7 Å². The molecule has 0 amide bonds. The van der Waals surface area contributed by atoms with E-state index < -0.39 is 5.41 Å². The van der Waals surface area contributed by atoms with Crippen molar-refractivity contribution >= 4 is 65.2 Å². The lowest BCUT2D eigenvalue weighted by Gasteiger charge is -2.31. The quantitative estimate of drug-likeness (QED) is 0.166. The molecule has 4 nitrogen and oxygen atoms in total. The molecule has 384 valence electrons. The van der Waals surface area contributed by atoms with E-state index in [1.807, 2.05) is 24.5 Å². The van der Waals surface area contributed by atoms with E-state index in [-0.39, 0.29) is 0 Å². The maximum absolute atomic E-state index is 4.73. The highest BCUT2D eigenvalue weighted by Gasteiger charge is 2.51. The maximum Gasteiger partial charge on any atom is 0.137 e. The topological polar surface area (TPSA) is 35.6 Å². The first kappa shape index (κ1) is 45.9. The predicted molar refractivity (Wildman–Crippen MR) is 344 cm³/mol. The number of pyridine rings is 2. The van der Waals surface area contributed by atoms with Crippen molar-refractivity contribution in [3.63, 3.8) is 0 Å². The monoisotopic (exact) mass is 1050 g/mol. The highest BCUT2D eigenvalue weighted by atomic mass is 15.1. The zero-order valence-corrected chi connectivity index (χ0v) is 45.0. The first-order valence-electron chi connectivity index (χ1n) is 28.6. The summed E-state index contributed by atoms with van der Waals surface area (Å²) in [5.41, 5.74) is 24.3. The summed E-state index contributed by atoms with van der Waals surface area (Å²) >= 11 is 0. The molecule has 0 atom stereocenters. The summed E-state index contributed by atoms with van der Waals surface area (Å²) in [6.45, 7) is 0. The molecule has 2 aliphatic rings. The number of rotatable bonds is 6. The summed E-state index contributed by atoms with van der Waals surface area (Å²) in [6, 6.07) is 104. The number of fused-ring (bicyclic) bond motifs is 18. The van der Waals surface area contributed by atoms with Gasteiger partial charge in [0.05, 0.1) is 27.5 Å². The molecule has 4 aromatic heterocycles. The second-order valence-electron chi connectivity index (χ2n) is 22.5. The van der Waals surface area contributed by atoms with Crippen LogP contribution < -0.4 is 0 Å². The van der Waals surface area contributed by atoms with Gasteiger partial charge in [0.15, 0.2) is 0 Å². The molecule has 0 unspecified atom stereocenters. The molecule has 0 aliphatic heterocycles. The number of hydrogen-bond donors (Lipinski definition) is 0. The first-order valence-corrected chi connectivity index (χ1v) is 28.6. The van der Waals surface area contributed by atoms with Crippen LogP contribution in [-0.2, 0) is 5.41 Å². The Morgan fingerprint density at radius 1 is 0.229 bits per heavy atom. The minimum absolute atomic E-state index is 0.503. The fourth-order valence-corrected chi connectivity index (χ4v) is 14.5. The molecular weight excluding hydrogens is 1000 g/mol. The SMILES string of the molecule is c1ccc(-n2c3ccccc3c3cc(-c4ccc5cc(-c6ccc7c(c6)C6(c8ccccc8-c8ccccc86)c6cc(-c8ccc9cc(-c%10ccc%11c(c%10)c%10ccccc%10n%11-c%10ccccn%10)ccc9c8)ccc6-7)ccc5c4)ccc32)nc1. The minimum atomic E-state index is -0.503. The third-order valence-electron chi connectivity index (χ3n) is 18.2. The third-order valence-corrected chi connectivity index (χ3v) is 18.2. The van der Waals surface area contributed by atoms with Crippen molar-refractivity contribution in [1.82, 2.24) is 19.1 Å². The zero-order chi connectivity index (χ0) is 54.3. The first-order chi connectivity index (χ1) is 41.1. The Kier molecular flexibility index (Phi) is 9.69. The molecule has 0 saturated heterocycles. The highest BCUT2D eigenvalue weighted by Crippen LogP contribution is 2.63. The Balaban J connectivity index is 0.710. The van der Waals surface area contributed by atoms with Gasteiger partial charge in [0.2, 0.25) is 0 Å². The molecule has 4 heterocycles. The van der Waals surface area contributed by atoms with Crippen LogP contribution in [0.4, 0.5) is 0 Å². The van der Waals surface area contributed by atoms with Gasteiger partial charge in [-0.25, -0.2) is 9.97 Å². The fraction of sp³-hybridized carbons (Fsp3) is 0.0127. The Bertz CT molecular complexity index is 5060. The summed E-state index contributed by atoms with van der Waals surface area (Å²) in [4.78, 5) is 9.47. The summed E-state index contributed by atoms with van der Waals surface area (Å²) in [6.07, 6.45) is 3.73. The Hall–Kier alpha value is -10.9. The van der Waals surface area contributed by atoms with Gasteiger partial charge < -0.3 is 0 Å². The number of aromatic nitrogens is 4. The molecule has 4 heteroatoms. The van der Waals surface area contributed by atoms with Gasteiger partial charge in [-0.2, -0.15) is 0 Å². The van der Waals surface area contributed by atoms with Crippen LogP contribution >= 0.6 is 0 Å². The fourth-order valence-electron chi connectivity index (χ4n) is 14.5. The lowest BCUT2D eigenvalue weighted by Crippen LogP contribution is -2.26. The van der Waals surface area contributed by atoms with Crippen LogP contribution in [-0.4, -0.2) is 19.1 Å². The molecule has 83 heavy (non-hydrogen) atoms. The van der Waals surface area contributed by atoms with Crippen LogP contribution in [0, 0.1) is 0 Å². The van der Waals surface area contributed by atoms with Crippen molar-refractivity contribution in [2.45, 2.75) is 5.41 Å². The van der Waals surface area contributed by atoms with Crippen LogP contribution in [0.5, 0.6) is 0 Å². The van der Waals surface area contributed by atoms with E-state index in [1.165, 1.54) is 132 Å². The Morgan fingerprint density at radius 3 is 0.976 bits per heavy atom. The summed E-state index contributed by atoms with van der Waals surface area (Å²) in [7, 11) is 0. The molecule has 2 aliphatic carbocycles. The second-order valence-corrected chi connectivity index (χ2v) is 22.5. The molecule has 18 rings (SSSR count). The number of para-hydroxylation sites is 2. The average Bonchev–Trinajstić information content (AvgIpc) is 1.86. The van der Waals surface area contributed by atoms with Gasteiger partial charge in [-0.3, -0.25) is 9.13 Å². The smallest absolute Gasteiger partial charge is 0.137 e.